The van der Waals surface area contributed by atoms with Crippen LogP contribution in [-0.4, -0.2) is 5.11 Å². The zero-order chi connectivity index (χ0) is 15.4. The van der Waals surface area contributed by atoms with Gasteiger partial charge in [-0.05, 0) is 56.2 Å². The highest BCUT2D eigenvalue weighted by Gasteiger charge is 2.03. The molecular weight excluding hydrogens is 300 g/mol. The third kappa shape index (κ3) is 4.73. The van der Waals surface area contributed by atoms with E-state index in [0.29, 0.717) is 16.7 Å². The number of rotatable bonds is 3. The van der Waals surface area contributed by atoms with Crippen LogP contribution in [0.5, 0.6) is 0 Å². The van der Waals surface area contributed by atoms with Gasteiger partial charge >= 0.3 is 0 Å². The van der Waals surface area contributed by atoms with E-state index >= 15 is 0 Å². The van der Waals surface area contributed by atoms with E-state index in [9.17, 15) is 0 Å². The Kier molecular flexibility index (Phi) is 5.21. The molecule has 0 unspecified atom stereocenters. The van der Waals surface area contributed by atoms with Crippen LogP contribution < -0.4 is 10.6 Å². The summed E-state index contributed by atoms with van der Waals surface area (Å²) in [6.45, 7) is 6.89. The van der Waals surface area contributed by atoms with Gasteiger partial charge in [-0.25, -0.2) is 0 Å². The fraction of sp³-hybridized carbons (Fsp3) is 0.235. The highest BCUT2D eigenvalue weighted by atomic mass is 35.5. The van der Waals surface area contributed by atoms with Gasteiger partial charge in [-0.2, -0.15) is 0 Å². The molecule has 0 aliphatic rings. The van der Waals surface area contributed by atoms with Gasteiger partial charge in [-0.15, -0.1) is 0 Å². The summed E-state index contributed by atoms with van der Waals surface area (Å²) in [6.07, 6.45) is 0. The standard InChI is InChI=1S/C17H19ClN2S/c1-11-4-5-16(15(18)9-11)20-17(21)19-10-14-7-12(2)6-13(3)8-14/h4-9H,10H2,1-3H3,(H2,19,20,21). The van der Waals surface area contributed by atoms with Crippen LogP contribution in [0.2, 0.25) is 5.02 Å². The maximum Gasteiger partial charge on any atom is 0.171 e. The largest absolute Gasteiger partial charge is 0.358 e. The molecule has 2 rings (SSSR count). The number of nitrogens with one attached hydrogen (secondary N) is 2. The molecule has 21 heavy (non-hydrogen) atoms. The van der Waals surface area contributed by atoms with Crippen molar-refractivity contribution in [3.63, 3.8) is 0 Å². The molecule has 0 atom stereocenters. The first-order valence-electron chi connectivity index (χ1n) is 6.82. The third-order valence-corrected chi connectivity index (χ3v) is 3.67. The van der Waals surface area contributed by atoms with Crippen LogP contribution >= 0.6 is 23.8 Å². The van der Waals surface area contributed by atoms with E-state index in [1.807, 2.05) is 25.1 Å². The molecule has 2 aromatic carbocycles. The Bertz CT molecular complexity index is 648. The third-order valence-electron chi connectivity index (χ3n) is 3.11. The van der Waals surface area contributed by atoms with Crippen LogP contribution in [0, 0.1) is 20.8 Å². The number of benzene rings is 2. The van der Waals surface area contributed by atoms with E-state index < -0.39 is 0 Å². The second-order valence-corrected chi connectivity index (χ2v) is 6.10. The number of thiocarbonyl (C=S) groups is 1. The summed E-state index contributed by atoms with van der Waals surface area (Å²) in [5.74, 6) is 0. The van der Waals surface area contributed by atoms with Gasteiger partial charge in [0.25, 0.3) is 0 Å². The molecular formula is C17H19ClN2S. The molecule has 0 heterocycles. The molecule has 2 nitrogen and oxygen atoms in total. The van der Waals surface area contributed by atoms with Crippen LogP contribution in [0.25, 0.3) is 0 Å². The summed E-state index contributed by atoms with van der Waals surface area (Å²) < 4.78 is 0. The topological polar surface area (TPSA) is 24.1 Å². The molecule has 2 aromatic rings. The highest BCUT2D eigenvalue weighted by molar-refractivity contribution is 7.80. The number of hydrogen-bond acceptors (Lipinski definition) is 1. The summed E-state index contributed by atoms with van der Waals surface area (Å²) in [5, 5.41) is 7.57. The minimum absolute atomic E-state index is 0.569. The molecule has 0 bridgehead atoms. The summed E-state index contributed by atoms with van der Waals surface area (Å²) in [7, 11) is 0. The molecule has 0 fully saturated rings. The van der Waals surface area contributed by atoms with Gasteiger partial charge in [0, 0.05) is 6.54 Å². The van der Waals surface area contributed by atoms with Gasteiger partial charge in [0.15, 0.2) is 5.11 Å². The van der Waals surface area contributed by atoms with Gasteiger partial charge in [0.1, 0.15) is 0 Å². The van der Waals surface area contributed by atoms with Gasteiger partial charge in [0.05, 0.1) is 10.7 Å². The lowest BCUT2D eigenvalue weighted by Crippen LogP contribution is -2.28. The average molecular weight is 319 g/mol. The van der Waals surface area contributed by atoms with Crippen molar-refractivity contribution in [1.29, 1.82) is 0 Å². The van der Waals surface area contributed by atoms with Gasteiger partial charge in [-0.3, -0.25) is 0 Å². The number of anilines is 1. The van der Waals surface area contributed by atoms with E-state index in [1.165, 1.54) is 16.7 Å². The van der Waals surface area contributed by atoms with Gasteiger partial charge in [-0.1, -0.05) is 47.0 Å². The Morgan fingerprint density at radius 3 is 2.29 bits per heavy atom. The summed E-state index contributed by atoms with van der Waals surface area (Å²) in [6, 6.07) is 12.3. The van der Waals surface area contributed by atoms with Crippen molar-refractivity contribution in [2.24, 2.45) is 0 Å². The fourth-order valence-corrected chi connectivity index (χ4v) is 2.71. The Morgan fingerprint density at radius 2 is 1.67 bits per heavy atom. The molecule has 0 radical (unpaired) electrons. The molecule has 0 aromatic heterocycles. The average Bonchev–Trinajstić information content (AvgIpc) is 2.39. The Balaban J connectivity index is 1.95. The quantitative estimate of drug-likeness (QED) is 0.798. The summed E-state index contributed by atoms with van der Waals surface area (Å²) >= 11 is 11.5. The minimum atomic E-state index is 0.569. The van der Waals surface area contributed by atoms with Crippen molar-refractivity contribution in [1.82, 2.24) is 5.32 Å². The fourth-order valence-electron chi connectivity index (χ4n) is 2.24. The van der Waals surface area contributed by atoms with Crippen molar-refractivity contribution < 1.29 is 0 Å². The molecule has 0 aliphatic heterocycles. The van der Waals surface area contributed by atoms with Crippen molar-refractivity contribution in [3.05, 3.63) is 63.7 Å². The zero-order valence-corrected chi connectivity index (χ0v) is 14.0. The highest BCUT2D eigenvalue weighted by Crippen LogP contribution is 2.22. The lowest BCUT2D eigenvalue weighted by Gasteiger charge is -2.13. The van der Waals surface area contributed by atoms with Crippen LogP contribution in [0.4, 0.5) is 5.69 Å². The van der Waals surface area contributed by atoms with Crippen LogP contribution in [0.3, 0.4) is 0 Å². The molecule has 0 spiro atoms. The molecule has 0 saturated carbocycles. The molecule has 4 heteroatoms. The van der Waals surface area contributed by atoms with Crippen LogP contribution in [0.15, 0.2) is 36.4 Å². The van der Waals surface area contributed by atoms with Gasteiger partial charge in [0.2, 0.25) is 0 Å². The van der Waals surface area contributed by atoms with E-state index in [4.69, 9.17) is 23.8 Å². The molecule has 0 amide bonds. The lowest BCUT2D eigenvalue weighted by molar-refractivity contribution is 0.921. The first-order valence-corrected chi connectivity index (χ1v) is 7.61. The number of hydrogen-bond donors (Lipinski definition) is 2. The second-order valence-electron chi connectivity index (χ2n) is 5.29. The normalized spacial score (nSPS) is 10.3. The first kappa shape index (κ1) is 15.8. The SMILES string of the molecule is Cc1cc(C)cc(CNC(=S)Nc2ccc(C)cc2Cl)c1. The summed E-state index contributed by atoms with van der Waals surface area (Å²) in [4.78, 5) is 0. The molecule has 0 aliphatic carbocycles. The van der Waals surface area contributed by atoms with Crippen LogP contribution in [0.1, 0.15) is 22.3 Å². The van der Waals surface area contributed by atoms with Gasteiger partial charge < -0.3 is 10.6 Å². The Hall–Kier alpha value is -1.58. The lowest BCUT2D eigenvalue weighted by atomic mass is 10.1. The Labute approximate surface area is 136 Å². The first-order chi connectivity index (χ1) is 9.94. The molecule has 110 valence electrons. The predicted molar refractivity (Wildman–Crippen MR) is 95.2 cm³/mol. The smallest absolute Gasteiger partial charge is 0.171 e. The van der Waals surface area contributed by atoms with E-state index in [1.54, 1.807) is 0 Å². The van der Waals surface area contributed by atoms with Crippen molar-refractivity contribution in [2.75, 3.05) is 5.32 Å². The maximum atomic E-state index is 6.18. The number of aryl methyl sites for hydroxylation is 3. The maximum absolute atomic E-state index is 6.18. The zero-order valence-electron chi connectivity index (χ0n) is 12.5. The monoisotopic (exact) mass is 318 g/mol. The van der Waals surface area contributed by atoms with E-state index in [2.05, 4.69) is 42.7 Å². The minimum Gasteiger partial charge on any atom is -0.358 e. The molecule has 2 N–H and O–H groups in total. The van der Waals surface area contributed by atoms with Crippen molar-refractivity contribution in [3.8, 4) is 0 Å². The molecule has 0 saturated heterocycles. The summed E-state index contributed by atoms with van der Waals surface area (Å²) in [5.41, 5.74) is 5.67. The van der Waals surface area contributed by atoms with Crippen LogP contribution in [-0.2, 0) is 6.54 Å². The van der Waals surface area contributed by atoms with Crippen molar-refractivity contribution in [2.45, 2.75) is 27.3 Å². The van der Waals surface area contributed by atoms with E-state index in [-0.39, 0.29) is 0 Å². The second kappa shape index (κ2) is 6.92. The predicted octanol–water partition coefficient (Wildman–Crippen LogP) is 4.75. The Morgan fingerprint density at radius 1 is 1.00 bits per heavy atom. The van der Waals surface area contributed by atoms with Crippen molar-refractivity contribution >= 4 is 34.6 Å². The van der Waals surface area contributed by atoms with E-state index in [0.717, 1.165) is 11.3 Å². The number of halogens is 1.